The van der Waals surface area contributed by atoms with Crippen LogP contribution in [0.2, 0.25) is 0 Å². The number of carbonyl (C=O) groups is 1. The molecule has 90 valence electrons. The lowest BCUT2D eigenvalue weighted by Crippen LogP contribution is -2.09. The summed E-state index contributed by atoms with van der Waals surface area (Å²) < 4.78 is 6.66. The number of nitrogens with zero attached hydrogens (tertiary/aromatic N) is 2. The molecule has 0 saturated heterocycles. The lowest BCUT2D eigenvalue weighted by molar-refractivity contribution is -0.142. The van der Waals surface area contributed by atoms with Gasteiger partial charge in [-0.05, 0) is 25.5 Å². The van der Waals surface area contributed by atoms with Gasteiger partial charge in [0.05, 0.1) is 18.7 Å². The number of fused-ring (bicyclic) bond motifs is 1. The van der Waals surface area contributed by atoms with E-state index in [0.717, 1.165) is 11.2 Å². The quantitative estimate of drug-likeness (QED) is 0.812. The molecule has 0 atom stereocenters. The fourth-order valence-electron chi connectivity index (χ4n) is 1.75. The maximum absolute atomic E-state index is 11.4. The molecule has 0 amide bonds. The van der Waals surface area contributed by atoms with E-state index in [0.29, 0.717) is 18.1 Å². The van der Waals surface area contributed by atoms with Gasteiger partial charge in [0, 0.05) is 6.20 Å². The average Bonchev–Trinajstić information content (AvgIpc) is 2.59. The number of hydrogen-bond acceptors (Lipinski definition) is 4. The van der Waals surface area contributed by atoms with E-state index in [-0.39, 0.29) is 12.4 Å². The van der Waals surface area contributed by atoms with Crippen LogP contribution < -0.4 is 5.73 Å². The van der Waals surface area contributed by atoms with Crippen LogP contribution in [0.3, 0.4) is 0 Å². The Labute approximate surface area is 99.2 Å². The van der Waals surface area contributed by atoms with Gasteiger partial charge in [0.1, 0.15) is 11.5 Å². The van der Waals surface area contributed by atoms with Crippen molar-refractivity contribution in [3.63, 3.8) is 0 Å². The standard InChI is InChI=1S/C12H15N3O2/c1-3-17-10(16)7-9-11(13)15-6-4-5-8(2)12(15)14-9/h4-6H,3,7,13H2,1-2H3. The maximum Gasteiger partial charge on any atom is 0.312 e. The molecule has 0 radical (unpaired) electrons. The second-order valence-electron chi connectivity index (χ2n) is 3.81. The van der Waals surface area contributed by atoms with Crippen LogP contribution in [-0.2, 0) is 16.0 Å². The number of imidazole rings is 1. The number of pyridine rings is 1. The van der Waals surface area contributed by atoms with E-state index in [4.69, 9.17) is 10.5 Å². The van der Waals surface area contributed by atoms with Crippen molar-refractivity contribution < 1.29 is 9.53 Å². The highest BCUT2D eigenvalue weighted by Crippen LogP contribution is 2.18. The Morgan fingerprint density at radius 2 is 2.35 bits per heavy atom. The lowest BCUT2D eigenvalue weighted by Gasteiger charge is -2.00. The molecule has 0 aliphatic carbocycles. The summed E-state index contributed by atoms with van der Waals surface area (Å²) in [5.41, 5.74) is 8.32. The second kappa shape index (κ2) is 4.45. The summed E-state index contributed by atoms with van der Waals surface area (Å²) in [4.78, 5) is 15.8. The zero-order valence-corrected chi connectivity index (χ0v) is 9.93. The van der Waals surface area contributed by atoms with Crippen LogP contribution in [0.25, 0.3) is 5.65 Å². The highest BCUT2D eigenvalue weighted by Gasteiger charge is 2.14. The monoisotopic (exact) mass is 233 g/mol. The Bertz CT molecular complexity index is 560. The first kappa shape index (κ1) is 11.4. The molecule has 0 spiro atoms. The minimum atomic E-state index is -0.305. The molecular weight excluding hydrogens is 218 g/mol. The molecule has 0 aliphatic heterocycles. The number of aromatic nitrogens is 2. The van der Waals surface area contributed by atoms with Crippen LogP contribution >= 0.6 is 0 Å². The molecule has 0 unspecified atom stereocenters. The number of nitrogens with two attached hydrogens (primary N) is 1. The predicted molar refractivity (Wildman–Crippen MR) is 64.7 cm³/mol. The summed E-state index contributed by atoms with van der Waals surface area (Å²) >= 11 is 0. The van der Waals surface area contributed by atoms with Gasteiger partial charge >= 0.3 is 5.97 Å². The average molecular weight is 233 g/mol. The summed E-state index contributed by atoms with van der Waals surface area (Å²) in [5, 5.41) is 0. The van der Waals surface area contributed by atoms with Gasteiger partial charge in [-0.1, -0.05) is 6.07 Å². The Hall–Kier alpha value is -2.04. The number of hydrogen-bond donors (Lipinski definition) is 1. The first-order valence-corrected chi connectivity index (χ1v) is 5.51. The molecule has 0 fully saturated rings. The highest BCUT2D eigenvalue weighted by molar-refractivity contribution is 5.74. The molecule has 0 saturated carbocycles. The fourth-order valence-corrected chi connectivity index (χ4v) is 1.75. The van der Waals surface area contributed by atoms with E-state index in [1.807, 2.05) is 25.3 Å². The largest absolute Gasteiger partial charge is 0.466 e. The minimum absolute atomic E-state index is 0.112. The first-order chi connectivity index (χ1) is 8.13. The second-order valence-corrected chi connectivity index (χ2v) is 3.81. The van der Waals surface area contributed by atoms with Gasteiger partial charge in [-0.25, -0.2) is 4.98 Å². The van der Waals surface area contributed by atoms with Crippen molar-refractivity contribution in [1.82, 2.24) is 9.38 Å². The smallest absolute Gasteiger partial charge is 0.312 e. The summed E-state index contributed by atoms with van der Waals surface area (Å²) in [7, 11) is 0. The van der Waals surface area contributed by atoms with Gasteiger partial charge in [0.2, 0.25) is 0 Å². The number of ether oxygens (including phenoxy) is 1. The molecule has 0 bridgehead atoms. The highest BCUT2D eigenvalue weighted by atomic mass is 16.5. The van der Waals surface area contributed by atoms with E-state index in [1.165, 1.54) is 0 Å². The molecule has 5 heteroatoms. The van der Waals surface area contributed by atoms with Crippen LogP contribution in [0.4, 0.5) is 5.82 Å². The van der Waals surface area contributed by atoms with Crippen LogP contribution in [0.15, 0.2) is 18.3 Å². The summed E-state index contributed by atoms with van der Waals surface area (Å²) in [6.45, 7) is 4.09. The van der Waals surface area contributed by atoms with Crippen molar-refractivity contribution in [2.24, 2.45) is 0 Å². The molecule has 5 nitrogen and oxygen atoms in total. The molecule has 0 aromatic carbocycles. The van der Waals surface area contributed by atoms with Gasteiger partial charge in [-0.2, -0.15) is 0 Å². The van der Waals surface area contributed by atoms with Crippen molar-refractivity contribution in [2.75, 3.05) is 12.3 Å². The van der Waals surface area contributed by atoms with E-state index >= 15 is 0 Å². The van der Waals surface area contributed by atoms with Crippen LogP contribution in [0.1, 0.15) is 18.2 Å². The summed E-state index contributed by atoms with van der Waals surface area (Å²) in [5.74, 6) is 0.192. The SMILES string of the molecule is CCOC(=O)Cc1nc2c(C)cccn2c1N. The Balaban J connectivity index is 2.39. The zero-order chi connectivity index (χ0) is 12.4. The van der Waals surface area contributed by atoms with Crippen molar-refractivity contribution in [3.05, 3.63) is 29.6 Å². The van der Waals surface area contributed by atoms with Crippen LogP contribution in [-0.4, -0.2) is 22.0 Å². The lowest BCUT2D eigenvalue weighted by atomic mass is 10.3. The number of aryl methyl sites for hydroxylation is 1. The molecule has 2 aromatic rings. The third kappa shape index (κ3) is 2.08. The summed E-state index contributed by atoms with van der Waals surface area (Å²) in [6, 6.07) is 3.85. The van der Waals surface area contributed by atoms with Crippen molar-refractivity contribution in [3.8, 4) is 0 Å². The van der Waals surface area contributed by atoms with E-state index in [2.05, 4.69) is 4.98 Å². The summed E-state index contributed by atoms with van der Waals surface area (Å²) in [6.07, 6.45) is 1.94. The van der Waals surface area contributed by atoms with Gasteiger partial charge in [-0.15, -0.1) is 0 Å². The van der Waals surface area contributed by atoms with Gasteiger partial charge in [0.15, 0.2) is 0 Å². The zero-order valence-electron chi connectivity index (χ0n) is 9.93. The van der Waals surface area contributed by atoms with Crippen molar-refractivity contribution in [1.29, 1.82) is 0 Å². The molecule has 2 rings (SSSR count). The van der Waals surface area contributed by atoms with Crippen molar-refractivity contribution in [2.45, 2.75) is 20.3 Å². The molecule has 2 heterocycles. The molecule has 17 heavy (non-hydrogen) atoms. The van der Waals surface area contributed by atoms with Crippen molar-refractivity contribution >= 4 is 17.4 Å². The first-order valence-electron chi connectivity index (χ1n) is 5.51. The normalized spacial score (nSPS) is 10.7. The van der Waals surface area contributed by atoms with E-state index < -0.39 is 0 Å². The number of rotatable bonds is 3. The fraction of sp³-hybridized carbons (Fsp3) is 0.333. The molecule has 0 aliphatic rings. The van der Waals surface area contributed by atoms with E-state index in [1.54, 1.807) is 11.3 Å². The Morgan fingerprint density at radius 1 is 1.59 bits per heavy atom. The molecule has 2 aromatic heterocycles. The van der Waals surface area contributed by atoms with Crippen LogP contribution in [0, 0.1) is 6.92 Å². The molecule has 2 N–H and O–H groups in total. The minimum Gasteiger partial charge on any atom is -0.466 e. The number of esters is 1. The third-order valence-electron chi connectivity index (χ3n) is 2.58. The topological polar surface area (TPSA) is 69.6 Å². The van der Waals surface area contributed by atoms with E-state index in [9.17, 15) is 4.79 Å². The molecular formula is C12H15N3O2. The Morgan fingerprint density at radius 3 is 3.00 bits per heavy atom. The third-order valence-corrected chi connectivity index (χ3v) is 2.58. The number of carbonyl (C=O) groups excluding carboxylic acids is 1. The number of nitrogen functional groups attached to an aromatic ring is 1. The maximum atomic E-state index is 11.4. The van der Waals surface area contributed by atoms with Gasteiger partial charge in [-0.3, -0.25) is 9.20 Å². The Kier molecular flexibility index (Phi) is 2.99. The number of anilines is 1. The van der Waals surface area contributed by atoms with Gasteiger partial charge < -0.3 is 10.5 Å². The predicted octanol–water partition coefficient (Wildman–Crippen LogP) is 1.33. The van der Waals surface area contributed by atoms with Crippen LogP contribution in [0.5, 0.6) is 0 Å². The van der Waals surface area contributed by atoms with Gasteiger partial charge in [0.25, 0.3) is 0 Å².